The number of hydrazine groups is 1. The number of carbonyl (C=O) groups excluding carboxylic acids is 4. The average Bonchev–Trinajstić information content (AvgIpc) is 3.63. The maximum Gasteiger partial charge on any atom is 0.260 e. The zero-order chi connectivity index (χ0) is 40.6. The number of imide groups is 2. The highest BCUT2D eigenvalue weighted by Gasteiger charge is 2.70. The van der Waals surface area contributed by atoms with Crippen molar-refractivity contribution in [2.75, 3.05) is 18.5 Å². The fourth-order valence-corrected chi connectivity index (χ4v) is 11.2. The normalized spacial score (nSPS) is 27.2. The third-order valence-corrected chi connectivity index (χ3v) is 14.0. The van der Waals surface area contributed by atoms with Crippen LogP contribution in [-0.2, 0) is 31.1 Å². The molecule has 0 bridgehead atoms. The number of fused-ring (bicyclic) bond motifs is 5. The molecule has 0 aromatic heterocycles. The molecule has 298 valence electrons. The number of phenols is 1. The van der Waals surface area contributed by atoms with E-state index in [1.54, 1.807) is 35.2 Å². The molecule has 5 aliphatic rings. The van der Waals surface area contributed by atoms with Gasteiger partial charge in [0.1, 0.15) is 11.6 Å². The van der Waals surface area contributed by atoms with Crippen LogP contribution in [0.3, 0.4) is 0 Å². The van der Waals surface area contributed by atoms with Crippen LogP contribution in [-0.4, -0.2) is 62.7 Å². The van der Waals surface area contributed by atoms with E-state index in [2.05, 4.69) is 28.5 Å². The van der Waals surface area contributed by atoms with Crippen molar-refractivity contribution in [1.29, 1.82) is 0 Å². The summed E-state index contributed by atoms with van der Waals surface area (Å²) in [5.41, 5.74) is 5.18. The van der Waals surface area contributed by atoms with Gasteiger partial charge in [0.05, 0.1) is 28.9 Å². The Morgan fingerprint density at radius 3 is 2.19 bits per heavy atom. The predicted octanol–water partition coefficient (Wildman–Crippen LogP) is 7.99. The van der Waals surface area contributed by atoms with Crippen molar-refractivity contribution in [2.24, 2.45) is 23.7 Å². The number of amides is 4. The third kappa shape index (κ3) is 5.90. The van der Waals surface area contributed by atoms with Gasteiger partial charge in [-0.25, -0.2) is 4.39 Å². The van der Waals surface area contributed by atoms with Crippen LogP contribution in [0.4, 0.5) is 10.1 Å². The van der Waals surface area contributed by atoms with E-state index in [1.165, 1.54) is 29.8 Å². The van der Waals surface area contributed by atoms with Gasteiger partial charge in [-0.15, -0.1) is 0 Å². The summed E-state index contributed by atoms with van der Waals surface area (Å²) in [4.78, 5) is 63.9. The van der Waals surface area contributed by atoms with Crippen molar-refractivity contribution in [2.45, 2.75) is 49.6 Å². The molecular formula is C48H42ClFN4O5. The van der Waals surface area contributed by atoms with Crippen molar-refractivity contribution >= 4 is 51.7 Å². The minimum atomic E-state index is -1.53. The molecule has 3 heterocycles. The fourth-order valence-electron chi connectivity index (χ4n) is 11.1. The number of benzene rings is 5. The molecule has 4 fully saturated rings. The largest absolute Gasteiger partial charge is 0.507 e. The van der Waals surface area contributed by atoms with Gasteiger partial charge >= 0.3 is 0 Å². The van der Waals surface area contributed by atoms with Gasteiger partial charge in [-0.3, -0.25) is 34.4 Å². The summed E-state index contributed by atoms with van der Waals surface area (Å²) < 4.78 is 14.0. The first-order chi connectivity index (χ1) is 28.6. The zero-order valence-corrected chi connectivity index (χ0v) is 32.9. The zero-order valence-electron chi connectivity index (χ0n) is 32.1. The monoisotopic (exact) mass is 808 g/mol. The molecule has 2 N–H and O–H groups in total. The Bertz CT molecular complexity index is 2540. The lowest BCUT2D eigenvalue weighted by molar-refractivity contribution is -0.144. The summed E-state index contributed by atoms with van der Waals surface area (Å²) >= 11 is 6.46. The number of rotatable bonds is 7. The van der Waals surface area contributed by atoms with Gasteiger partial charge in [0.2, 0.25) is 11.8 Å². The summed E-state index contributed by atoms with van der Waals surface area (Å²) in [6, 6.07) is 33.3. The van der Waals surface area contributed by atoms with Crippen LogP contribution in [0.15, 0.2) is 127 Å². The summed E-state index contributed by atoms with van der Waals surface area (Å²) in [6.07, 6.45) is 3.87. The standard InChI is InChI=1S/C48H42ClFN4O5/c49-30-12-10-29(11-13-30)48-40(45(57)54(47(48)59)51-32-16-14-31(50)15-17-32)26-39-37(43(48)36-20-21-41(55)35-9-5-4-8-34(35)36)18-19-38-42(39)46(58)53(44(38)56)33-22-24-52(25-23-33)27-28-6-2-1-3-7-28/h1-18,20-21,33,38-40,42-43,51,55H,19,22-27H2/t38-,39+,40-,42-,43-,48+/m0/s1. The van der Waals surface area contributed by atoms with Gasteiger partial charge in [0, 0.05) is 42.0 Å². The number of likely N-dealkylation sites (tertiary alicyclic amines) is 2. The van der Waals surface area contributed by atoms with Crippen LogP contribution < -0.4 is 5.43 Å². The van der Waals surface area contributed by atoms with Crippen LogP contribution in [0.2, 0.25) is 5.02 Å². The van der Waals surface area contributed by atoms with Crippen molar-refractivity contribution in [3.63, 3.8) is 0 Å². The Morgan fingerprint density at radius 2 is 1.46 bits per heavy atom. The van der Waals surface area contributed by atoms with E-state index in [-0.39, 0.29) is 30.0 Å². The molecule has 10 rings (SSSR count). The van der Waals surface area contributed by atoms with Gasteiger partial charge < -0.3 is 5.11 Å². The molecule has 2 aliphatic carbocycles. The second-order valence-corrected chi connectivity index (χ2v) is 17.1. The summed E-state index contributed by atoms with van der Waals surface area (Å²) in [5.74, 6) is -5.32. The van der Waals surface area contributed by atoms with E-state index in [0.29, 0.717) is 46.3 Å². The molecule has 59 heavy (non-hydrogen) atoms. The van der Waals surface area contributed by atoms with Crippen molar-refractivity contribution in [1.82, 2.24) is 14.8 Å². The molecule has 0 unspecified atom stereocenters. The van der Waals surface area contributed by atoms with E-state index in [1.807, 2.05) is 48.5 Å². The topological polar surface area (TPSA) is 110 Å². The van der Waals surface area contributed by atoms with Gasteiger partial charge in [-0.1, -0.05) is 96.0 Å². The lowest BCUT2D eigenvalue weighted by Crippen LogP contribution is -2.53. The molecule has 5 aromatic rings. The Morgan fingerprint density at radius 1 is 0.763 bits per heavy atom. The number of nitrogens with one attached hydrogen (secondary N) is 1. The van der Waals surface area contributed by atoms with E-state index in [4.69, 9.17) is 11.6 Å². The van der Waals surface area contributed by atoms with Gasteiger partial charge in [0.15, 0.2) is 0 Å². The Kier molecular flexibility index (Phi) is 9.18. The highest BCUT2D eigenvalue weighted by molar-refractivity contribution is 6.30. The fraction of sp³-hybridized carbons (Fsp3) is 0.292. The first-order valence-corrected chi connectivity index (χ1v) is 20.7. The van der Waals surface area contributed by atoms with Crippen molar-refractivity contribution in [3.8, 4) is 5.75 Å². The van der Waals surface area contributed by atoms with Crippen molar-refractivity contribution in [3.05, 3.63) is 154 Å². The summed E-state index contributed by atoms with van der Waals surface area (Å²) in [6.45, 7) is 2.32. The van der Waals surface area contributed by atoms with Crippen LogP contribution in [0, 0.1) is 29.5 Å². The molecule has 3 saturated heterocycles. The highest BCUT2D eigenvalue weighted by Crippen LogP contribution is 2.65. The lowest BCUT2D eigenvalue weighted by Gasteiger charge is -2.51. The number of carbonyl (C=O) groups is 4. The lowest BCUT2D eigenvalue weighted by atomic mass is 9.49. The molecule has 3 aliphatic heterocycles. The maximum absolute atomic E-state index is 15.6. The second kappa shape index (κ2) is 14.5. The highest BCUT2D eigenvalue weighted by atomic mass is 35.5. The number of allylic oxidation sites excluding steroid dienone is 2. The molecule has 4 amide bonds. The van der Waals surface area contributed by atoms with E-state index in [9.17, 15) is 19.1 Å². The van der Waals surface area contributed by atoms with Gasteiger partial charge in [0.25, 0.3) is 11.8 Å². The van der Waals surface area contributed by atoms with Crippen molar-refractivity contribution < 1.29 is 28.7 Å². The number of phenolic OH excluding ortho intramolecular Hbond substituents is 1. The van der Waals surface area contributed by atoms with E-state index >= 15 is 9.59 Å². The minimum absolute atomic E-state index is 0.0712. The summed E-state index contributed by atoms with van der Waals surface area (Å²) in [5, 5.41) is 13.9. The summed E-state index contributed by atoms with van der Waals surface area (Å²) in [7, 11) is 0. The number of nitrogens with zero attached hydrogens (tertiary/aromatic N) is 3. The quantitative estimate of drug-likeness (QED) is 0.127. The molecule has 1 saturated carbocycles. The minimum Gasteiger partial charge on any atom is -0.507 e. The van der Waals surface area contributed by atoms with Crippen LogP contribution >= 0.6 is 11.6 Å². The molecule has 5 aromatic carbocycles. The Balaban J connectivity index is 1.08. The molecule has 11 heteroatoms. The first kappa shape index (κ1) is 37.4. The third-order valence-electron chi connectivity index (χ3n) is 13.7. The van der Waals surface area contributed by atoms with Gasteiger partial charge in [-0.05, 0) is 96.1 Å². The second-order valence-electron chi connectivity index (χ2n) is 16.6. The number of piperidine rings is 1. The molecule has 9 nitrogen and oxygen atoms in total. The van der Waals surface area contributed by atoms with Gasteiger partial charge in [-0.2, -0.15) is 5.01 Å². The van der Waals surface area contributed by atoms with E-state index < -0.39 is 52.6 Å². The number of aromatic hydroxyl groups is 1. The molecule has 0 radical (unpaired) electrons. The van der Waals surface area contributed by atoms with Crippen LogP contribution in [0.1, 0.15) is 48.3 Å². The number of anilines is 1. The molecular weight excluding hydrogens is 767 g/mol. The van der Waals surface area contributed by atoms with Crippen LogP contribution in [0.25, 0.3) is 10.8 Å². The number of hydrogen-bond donors (Lipinski definition) is 2. The number of hydrogen-bond acceptors (Lipinski definition) is 7. The maximum atomic E-state index is 15.6. The Hall–Kier alpha value is -5.84. The SMILES string of the molecule is O=C1[C@@H]2C[C@@H]3C(=CC[C@@H]4C(=O)N(C5CCN(Cc6ccccc6)CC5)C(=O)[C@@H]43)[C@H](c3ccc(O)c4ccccc34)[C@]2(c2ccc(Cl)cc2)C(=O)N1Nc1ccc(F)cc1. The molecule has 0 spiro atoms. The first-order valence-electron chi connectivity index (χ1n) is 20.4. The van der Waals surface area contributed by atoms with Crippen LogP contribution in [0.5, 0.6) is 5.75 Å². The Labute approximate surface area is 346 Å². The smallest absolute Gasteiger partial charge is 0.260 e. The average molecular weight is 809 g/mol. The van der Waals surface area contributed by atoms with E-state index in [0.717, 1.165) is 35.8 Å². The predicted molar refractivity (Wildman–Crippen MR) is 221 cm³/mol. The number of halogens is 2. The molecule has 6 atom stereocenters.